The minimum Gasteiger partial charge on any atom is -0.370 e. The van der Waals surface area contributed by atoms with Crippen LogP contribution in [0.5, 0.6) is 0 Å². The van der Waals surface area contributed by atoms with E-state index >= 15 is 0 Å². The van der Waals surface area contributed by atoms with Gasteiger partial charge in [-0.15, -0.1) is 10.2 Å². The van der Waals surface area contributed by atoms with Crippen molar-refractivity contribution < 1.29 is 9.53 Å². The maximum atomic E-state index is 13.0. The highest BCUT2D eigenvalue weighted by Crippen LogP contribution is 2.37. The molecule has 2 aromatic rings. The summed E-state index contributed by atoms with van der Waals surface area (Å²) in [5.74, 6) is 2.05. The highest BCUT2D eigenvalue weighted by atomic mass is 16.5. The Bertz CT molecular complexity index is 769. The summed E-state index contributed by atoms with van der Waals surface area (Å²) in [5.41, 5.74) is 0.161. The fraction of sp³-hybridized carbons (Fsp3) is 0.579. The molecular weight excluding hydrogens is 330 g/mol. The van der Waals surface area contributed by atoms with E-state index in [0.717, 1.165) is 30.2 Å². The van der Waals surface area contributed by atoms with Crippen LogP contribution in [-0.4, -0.2) is 38.8 Å². The Morgan fingerprint density at radius 1 is 1.35 bits per heavy atom. The van der Waals surface area contributed by atoms with Crippen LogP contribution in [0.3, 0.4) is 0 Å². The van der Waals surface area contributed by atoms with Gasteiger partial charge in [-0.3, -0.25) is 14.3 Å². The second-order valence-electron chi connectivity index (χ2n) is 7.38. The van der Waals surface area contributed by atoms with E-state index in [4.69, 9.17) is 4.74 Å². The van der Waals surface area contributed by atoms with Gasteiger partial charge < -0.3 is 10.1 Å². The van der Waals surface area contributed by atoms with E-state index in [1.54, 1.807) is 6.20 Å². The van der Waals surface area contributed by atoms with Crippen molar-refractivity contribution in [3.63, 3.8) is 0 Å². The Kier molecular flexibility index (Phi) is 4.72. The highest BCUT2D eigenvalue weighted by molar-refractivity contribution is 5.84. The van der Waals surface area contributed by atoms with Crippen LogP contribution in [0.4, 0.5) is 0 Å². The van der Waals surface area contributed by atoms with Gasteiger partial charge in [0.2, 0.25) is 5.91 Å². The predicted molar refractivity (Wildman–Crippen MR) is 95.5 cm³/mol. The summed E-state index contributed by atoms with van der Waals surface area (Å²) in [6.07, 6.45) is 7.15. The molecule has 1 amide bonds. The minimum atomic E-state index is -0.806. The lowest BCUT2D eigenvalue weighted by Crippen LogP contribution is -2.53. The number of rotatable bonds is 5. The first-order valence-electron chi connectivity index (χ1n) is 9.39. The number of ether oxygens (including phenoxy) is 1. The lowest BCUT2D eigenvalue weighted by atomic mass is 9.97. The van der Waals surface area contributed by atoms with Crippen LogP contribution in [0.15, 0.2) is 24.4 Å². The number of nitrogens with one attached hydrogen (secondary N) is 1. The molecule has 0 radical (unpaired) electrons. The van der Waals surface area contributed by atoms with Crippen LogP contribution >= 0.6 is 0 Å². The molecule has 0 spiro atoms. The van der Waals surface area contributed by atoms with Crippen molar-refractivity contribution in [2.45, 2.75) is 57.1 Å². The summed E-state index contributed by atoms with van der Waals surface area (Å²) < 4.78 is 7.72. The molecule has 0 saturated heterocycles. The standard InChI is InChI=1S/C19H25N5O2/c1-19(18(25)21-11-9-15-8-4-5-10-20-15)13-26-12-16-22-23-17(24(16)19)14-6-2-3-7-14/h4-5,8,10,14H,2-3,6-7,9,11-13H2,1H3,(H,21,25). The highest BCUT2D eigenvalue weighted by Gasteiger charge is 2.43. The third-order valence-electron chi connectivity index (χ3n) is 5.47. The van der Waals surface area contributed by atoms with Crippen molar-refractivity contribution in [3.8, 4) is 0 Å². The molecule has 0 aromatic carbocycles. The summed E-state index contributed by atoms with van der Waals surface area (Å²) in [4.78, 5) is 17.3. The molecule has 1 aliphatic carbocycles. The van der Waals surface area contributed by atoms with Crippen LogP contribution in [0, 0.1) is 0 Å². The van der Waals surface area contributed by atoms with Crippen molar-refractivity contribution in [3.05, 3.63) is 41.7 Å². The molecule has 0 bridgehead atoms. The average Bonchev–Trinajstić information content (AvgIpc) is 3.32. The molecular formula is C19H25N5O2. The third kappa shape index (κ3) is 3.11. The number of fused-ring (bicyclic) bond motifs is 1. The maximum Gasteiger partial charge on any atom is 0.248 e. The van der Waals surface area contributed by atoms with E-state index in [-0.39, 0.29) is 5.91 Å². The van der Waals surface area contributed by atoms with Crippen molar-refractivity contribution in [2.24, 2.45) is 0 Å². The van der Waals surface area contributed by atoms with Crippen molar-refractivity contribution in [2.75, 3.05) is 13.2 Å². The first-order valence-corrected chi connectivity index (χ1v) is 9.39. The van der Waals surface area contributed by atoms with E-state index < -0.39 is 5.54 Å². The third-order valence-corrected chi connectivity index (χ3v) is 5.47. The van der Waals surface area contributed by atoms with Gasteiger partial charge in [0, 0.05) is 30.8 Å². The van der Waals surface area contributed by atoms with Gasteiger partial charge in [-0.25, -0.2) is 0 Å². The van der Waals surface area contributed by atoms with Gasteiger partial charge in [0.25, 0.3) is 0 Å². The molecule has 138 valence electrons. The van der Waals surface area contributed by atoms with Crippen LogP contribution in [0.2, 0.25) is 0 Å². The van der Waals surface area contributed by atoms with Gasteiger partial charge in [0.05, 0.1) is 6.61 Å². The fourth-order valence-electron chi connectivity index (χ4n) is 4.02. The number of pyridine rings is 1. The van der Waals surface area contributed by atoms with Crippen molar-refractivity contribution in [1.82, 2.24) is 25.1 Å². The molecule has 1 N–H and O–H groups in total. The smallest absolute Gasteiger partial charge is 0.248 e. The first kappa shape index (κ1) is 17.1. The quantitative estimate of drug-likeness (QED) is 0.886. The Hall–Kier alpha value is -2.28. The number of carbonyl (C=O) groups excluding carboxylic acids is 1. The van der Waals surface area contributed by atoms with E-state index in [1.165, 1.54) is 12.8 Å². The molecule has 2 aliphatic rings. The topological polar surface area (TPSA) is 81.9 Å². The number of carbonyl (C=O) groups is 1. The maximum absolute atomic E-state index is 13.0. The Balaban J connectivity index is 1.51. The number of hydrogen-bond acceptors (Lipinski definition) is 5. The summed E-state index contributed by atoms with van der Waals surface area (Å²) >= 11 is 0. The van der Waals surface area contributed by atoms with E-state index in [0.29, 0.717) is 32.1 Å². The van der Waals surface area contributed by atoms with Gasteiger partial charge in [0.15, 0.2) is 5.82 Å². The molecule has 1 fully saturated rings. The van der Waals surface area contributed by atoms with Crippen molar-refractivity contribution in [1.29, 1.82) is 0 Å². The van der Waals surface area contributed by atoms with Crippen LogP contribution in [-0.2, 0) is 28.1 Å². The van der Waals surface area contributed by atoms with Gasteiger partial charge in [-0.1, -0.05) is 18.9 Å². The second kappa shape index (κ2) is 7.15. The van der Waals surface area contributed by atoms with E-state index in [1.807, 2.05) is 29.7 Å². The zero-order valence-corrected chi connectivity index (χ0v) is 15.1. The van der Waals surface area contributed by atoms with Crippen LogP contribution < -0.4 is 5.32 Å². The molecule has 26 heavy (non-hydrogen) atoms. The van der Waals surface area contributed by atoms with E-state index in [9.17, 15) is 4.79 Å². The number of hydrogen-bond donors (Lipinski definition) is 1. The van der Waals surface area contributed by atoms with Crippen LogP contribution in [0.1, 0.15) is 55.9 Å². The van der Waals surface area contributed by atoms with Gasteiger partial charge in [-0.2, -0.15) is 0 Å². The zero-order valence-electron chi connectivity index (χ0n) is 15.1. The SMILES string of the molecule is CC1(C(=O)NCCc2ccccn2)COCc2nnc(C3CCCC3)n21. The number of amides is 1. The molecule has 3 heterocycles. The summed E-state index contributed by atoms with van der Waals surface area (Å²) in [6, 6.07) is 5.81. The summed E-state index contributed by atoms with van der Waals surface area (Å²) in [5, 5.41) is 11.8. The molecule has 4 rings (SSSR count). The van der Waals surface area contributed by atoms with E-state index in [2.05, 4.69) is 20.5 Å². The van der Waals surface area contributed by atoms with Crippen molar-refractivity contribution >= 4 is 5.91 Å². The lowest BCUT2D eigenvalue weighted by molar-refractivity contribution is -0.135. The molecule has 1 unspecified atom stereocenters. The zero-order chi connectivity index (χ0) is 18.0. The summed E-state index contributed by atoms with van der Waals surface area (Å²) in [6.45, 7) is 3.22. The Labute approximate surface area is 153 Å². The molecule has 7 heteroatoms. The van der Waals surface area contributed by atoms with Gasteiger partial charge in [0.1, 0.15) is 18.0 Å². The predicted octanol–water partition coefficient (Wildman–Crippen LogP) is 1.93. The molecule has 1 atom stereocenters. The largest absolute Gasteiger partial charge is 0.370 e. The monoisotopic (exact) mass is 355 g/mol. The number of nitrogens with zero attached hydrogens (tertiary/aromatic N) is 4. The van der Waals surface area contributed by atoms with Gasteiger partial charge in [-0.05, 0) is 31.9 Å². The Morgan fingerprint density at radius 2 is 2.19 bits per heavy atom. The molecule has 1 saturated carbocycles. The molecule has 1 aliphatic heterocycles. The second-order valence-corrected chi connectivity index (χ2v) is 7.38. The van der Waals surface area contributed by atoms with Gasteiger partial charge >= 0.3 is 0 Å². The minimum absolute atomic E-state index is 0.0478. The lowest BCUT2D eigenvalue weighted by Gasteiger charge is -2.36. The average molecular weight is 355 g/mol. The molecule has 7 nitrogen and oxygen atoms in total. The molecule has 2 aromatic heterocycles. The fourth-order valence-corrected chi connectivity index (χ4v) is 4.02. The Morgan fingerprint density at radius 3 is 2.96 bits per heavy atom. The number of aromatic nitrogens is 4. The normalized spacial score (nSPS) is 23.0. The first-order chi connectivity index (χ1) is 12.7. The van der Waals surface area contributed by atoms with Crippen LogP contribution in [0.25, 0.3) is 0 Å². The summed E-state index contributed by atoms with van der Waals surface area (Å²) in [7, 11) is 0.